The van der Waals surface area contributed by atoms with Gasteiger partial charge in [-0.05, 0) is 62.2 Å². The molecule has 2 aromatic carbocycles. The standard InChI is InChI=1S/C20H22N4O3S/c1-13-5-7-16(15(3)11-13)21-19-9-10-20(23-22-19)24-28(25,26)18-12-14(2)6-8-17(18)27-4/h5-12H,1-4H3,(H,21,22)(H,23,24). The summed E-state index contributed by atoms with van der Waals surface area (Å²) in [5, 5.41) is 11.2. The van der Waals surface area contributed by atoms with Gasteiger partial charge in [0.1, 0.15) is 10.6 Å². The fourth-order valence-corrected chi connectivity index (χ4v) is 3.98. The van der Waals surface area contributed by atoms with Crippen LogP contribution in [0.25, 0.3) is 0 Å². The van der Waals surface area contributed by atoms with Crippen LogP contribution in [0.5, 0.6) is 5.75 Å². The van der Waals surface area contributed by atoms with Crippen LogP contribution in [-0.4, -0.2) is 25.7 Å². The third-order valence-electron chi connectivity index (χ3n) is 4.16. The Morgan fingerprint density at radius 2 is 1.50 bits per heavy atom. The van der Waals surface area contributed by atoms with Gasteiger partial charge in [0, 0.05) is 5.69 Å². The van der Waals surface area contributed by atoms with Crippen molar-refractivity contribution >= 4 is 27.3 Å². The van der Waals surface area contributed by atoms with E-state index in [0.29, 0.717) is 5.82 Å². The number of aryl methyl sites for hydroxylation is 3. The van der Waals surface area contributed by atoms with E-state index in [1.54, 1.807) is 30.3 Å². The number of nitrogens with one attached hydrogen (secondary N) is 2. The molecule has 3 aromatic rings. The van der Waals surface area contributed by atoms with Gasteiger partial charge in [0.05, 0.1) is 7.11 Å². The first-order valence-corrected chi connectivity index (χ1v) is 10.1. The highest BCUT2D eigenvalue weighted by Gasteiger charge is 2.20. The second-order valence-corrected chi connectivity index (χ2v) is 8.16. The molecule has 3 rings (SSSR count). The number of methoxy groups -OCH3 is 1. The van der Waals surface area contributed by atoms with Crippen LogP contribution in [-0.2, 0) is 10.0 Å². The zero-order valence-corrected chi connectivity index (χ0v) is 17.0. The van der Waals surface area contributed by atoms with E-state index in [4.69, 9.17) is 4.74 Å². The number of hydrogen-bond acceptors (Lipinski definition) is 6. The predicted octanol–water partition coefficient (Wildman–Crippen LogP) is 3.95. The fraction of sp³-hybridized carbons (Fsp3) is 0.200. The van der Waals surface area contributed by atoms with Crippen molar-refractivity contribution in [1.82, 2.24) is 10.2 Å². The molecule has 0 fully saturated rings. The molecule has 28 heavy (non-hydrogen) atoms. The number of nitrogens with zero attached hydrogens (tertiary/aromatic N) is 2. The van der Waals surface area contributed by atoms with Gasteiger partial charge in [-0.1, -0.05) is 23.8 Å². The van der Waals surface area contributed by atoms with Crippen molar-refractivity contribution in [1.29, 1.82) is 0 Å². The van der Waals surface area contributed by atoms with Crippen LogP contribution >= 0.6 is 0 Å². The molecule has 0 unspecified atom stereocenters. The average molecular weight is 398 g/mol. The highest BCUT2D eigenvalue weighted by atomic mass is 32.2. The van der Waals surface area contributed by atoms with Crippen molar-refractivity contribution in [2.45, 2.75) is 25.7 Å². The van der Waals surface area contributed by atoms with Crippen LogP contribution < -0.4 is 14.8 Å². The van der Waals surface area contributed by atoms with E-state index in [1.165, 1.54) is 12.7 Å². The van der Waals surface area contributed by atoms with Gasteiger partial charge in [-0.25, -0.2) is 8.42 Å². The Labute approximate surface area is 164 Å². The number of hydrogen-bond donors (Lipinski definition) is 2. The lowest BCUT2D eigenvalue weighted by Gasteiger charge is -2.12. The van der Waals surface area contributed by atoms with Crippen LogP contribution in [0.2, 0.25) is 0 Å². The van der Waals surface area contributed by atoms with Crippen molar-refractivity contribution in [3.8, 4) is 5.75 Å². The van der Waals surface area contributed by atoms with Crippen LogP contribution in [0.4, 0.5) is 17.3 Å². The molecule has 8 heteroatoms. The van der Waals surface area contributed by atoms with E-state index in [-0.39, 0.29) is 16.5 Å². The number of aromatic nitrogens is 2. The minimum absolute atomic E-state index is 0.0503. The summed E-state index contributed by atoms with van der Waals surface area (Å²) < 4.78 is 33.0. The molecule has 0 radical (unpaired) electrons. The van der Waals surface area contributed by atoms with Crippen molar-refractivity contribution in [2.75, 3.05) is 17.1 Å². The lowest BCUT2D eigenvalue weighted by Crippen LogP contribution is -2.15. The maximum atomic E-state index is 12.7. The van der Waals surface area contributed by atoms with E-state index < -0.39 is 10.0 Å². The number of sulfonamides is 1. The molecule has 0 bridgehead atoms. The van der Waals surface area contributed by atoms with Crippen LogP contribution in [0, 0.1) is 20.8 Å². The molecule has 0 aliphatic carbocycles. The van der Waals surface area contributed by atoms with Crippen molar-refractivity contribution in [3.05, 3.63) is 65.2 Å². The van der Waals surface area contributed by atoms with Gasteiger partial charge in [-0.3, -0.25) is 4.72 Å². The highest BCUT2D eigenvalue weighted by molar-refractivity contribution is 7.92. The maximum absolute atomic E-state index is 12.7. The van der Waals surface area contributed by atoms with Gasteiger partial charge in [-0.2, -0.15) is 0 Å². The van der Waals surface area contributed by atoms with E-state index in [1.807, 2.05) is 32.9 Å². The smallest absolute Gasteiger partial charge is 0.266 e. The minimum Gasteiger partial charge on any atom is -0.495 e. The Morgan fingerprint density at radius 3 is 2.14 bits per heavy atom. The van der Waals surface area contributed by atoms with Gasteiger partial charge in [0.25, 0.3) is 10.0 Å². The Bertz CT molecular complexity index is 1100. The second-order valence-electron chi connectivity index (χ2n) is 6.51. The van der Waals surface area contributed by atoms with Gasteiger partial charge in [0.2, 0.25) is 0 Å². The molecule has 0 aliphatic heterocycles. The summed E-state index contributed by atoms with van der Waals surface area (Å²) in [7, 11) is -2.43. The molecule has 2 N–H and O–H groups in total. The fourth-order valence-electron chi connectivity index (χ4n) is 2.73. The molecule has 0 spiro atoms. The summed E-state index contributed by atoms with van der Waals surface area (Å²) in [5.41, 5.74) is 3.97. The molecular formula is C20H22N4O3S. The molecule has 0 atom stereocenters. The summed E-state index contributed by atoms with van der Waals surface area (Å²) >= 11 is 0. The first-order valence-electron chi connectivity index (χ1n) is 8.64. The quantitative estimate of drug-likeness (QED) is 0.653. The summed E-state index contributed by atoms with van der Waals surface area (Å²) in [6, 6.07) is 14.2. The van der Waals surface area contributed by atoms with Gasteiger partial charge in [0.15, 0.2) is 11.6 Å². The molecule has 0 saturated carbocycles. The Morgan fingerprint density at radius 1 is 0.857 bits per heavy atom. The third-order valence-corrected chi connectivity index (χ3v) is 5.53. The largest absolute Gasteiger partial charge is 0.495 e. The van der Waals surface area contributed by atoms with Crippen LogP contribution in [0.15, 0.2) is 53.4 Å². The zero-order chi connectivity index (χ0) is 20.3. The van der Waals surface area contributed by atoms with Crippen molar-refractivity contribution in [2.24, 2.45) is 0 Å². The molecule has 7 nitrogen and oxygen atoms in total. The number of anilines is 3. The maximum Gasteiger partial charge on any atom is 0.266 e. The lowest BCUT2D eigenvalue weighted by molar-refractivity contribution is 0.402. The molecule has 1 heterocycles. The van der Waals surface area contributed by atoms with Gasteiger partial charge < -0.3 is 10.1 Å². The number of rotatable bonds is 6. The van der Waals surface area contributed by atoms with Gasteiger partial charge >= 0.3 is 0 Å². The van der Waals surface area contributed by atoms with Crippen LogP contribution in [0.3, 0.4) is 0 Å². The highest BCUT2D eigenvalue weighted by Crippen LogP contribution is 2.26. The Balaban J connectivity index is 1.79. The number of ether oxygens (including phenoxy) is 1. The molecule has 146 valence electrons. The van der Waals surface area contributed by atoms with Gasteiger partial charge in [-0.15, -0.1) is 10.2 Å². The van der Waals surface area contributed by atoms with Crippen molar-refractivity contribution < 1.29 is 13.2 Å². The second kappa shape index (κ2) is 7.85. The molecule has 0 amide bonds. The zero-order valence-electron chi connectivity index (χ0n) is 16.1. The number of benzene rings is 2. The van der Waals surface area contributed by atoms with E-state index in [9.17, 15) is 8.42 Å². The SMILES string of the molecule is COc1ccc(C)cc1S(=O)(=O)Nc1ccc(Nc2ccc(C)cc2C)nn1. The topological polar surface area (TPSA) is 93.2 Å². The Kier molecular flexibility index (Phi) is 5.51. The first kappa shape index (κ1) is 19.6. The van der Waals surface area contributed by atoms with E-state index in [0.717, 1.165) is 16.8 Å². The normalized spacial score (nSPS) is 11.1. The molecule has 0 saturated heterocycles. The summed E-state index contributed by atoms with van der Waals surface area (Å²) in [6.45, 7) is 5.84. The van der Waals surface area contributed by atoms with E-state index >= 15 is 0 Å². The molecular weight excluding hydrogens is 376 g/mol. The lowest BCUT2D eigenvalue weighted by atomic mass is 10.1. The molecule has 0 aliphatic rings. The minimum atomic E-state index is -3.86. The summed E-state index contributed by atoms with van der Waals surface area (Å²) in [6.07, 6.45) is 0. The summed E-state index contributed by atoms with van der Waals surface area (Å²) in [5.74, 6) is 0.900. The van der Waals surface area contributed by atoms with Crippen molar-refractivity contribution in [3.63, 3.8) is 0 Å². The monoisotopic (exact) mass is 398 g/mol. The van der Waals surface area contributed by atoms with E-state index in [2.05, 4.69) is 26.3 Å². The average Bonchev–Trinajstić information content (AvgIpc) is 2.65. The molecule has 1 aromatic heterocycles. The summed E-state index contributed by atoms with van der Waals surface area (Å²) in [4.78, 5) is 0.0503. The third kappa shape index (κ3) is 4.40. The Hall–Kier alpha value is -3.13. The predicted molar refractivity (Wildman–Crippen MR) is 110 cm³/mol. The van der Waals surface area contributed by atoms with Crippen LogP contribution in [0.1, 0.15) is 16.7 Å². The first-order chi connectivity index (χ1) is 13.3.